The van der Waals surface area contributed by atoms with Gasteiger partial charge in [-0.1, -0.05) is 40.8 Å². The summed E-state index contributed by atoms with van der Waals surface area (Å²) in [5, 5.41) is 21.5. The average Bonchev–Trinajstić information content (AvgIpc) is 2.99. The van der Waals surface area contributed by atoms with Crippen molar-refractivity contribution in [2.24, 2.45) is 0 Å². The highest BCUT2D eigenvalue weighted by Gasteiger charge is 2.27. The van der Waals surface area contributed by atoms with Crippen LogP contribution in [0.3, 0.4) is 0 Å². The number of hydrogen-bond donors (Lipinski definition) is 1. The van der Waals surface area contributed by atoms with Crippen LogP contribution in [0.15, 0.2) is 28.6 Å². The van der Waals surface area contributed by atoms with E-state index in [2.05, 4.69) is 21.6 Å². The number of aromatic nitrogens is 2. The number of nitrogens with zero attached hydrogens (tertiary/aromatic N) is 4. The number of amides is 1. The predicted octanol–water partition coefficient (Wildman–Crippen LogP) is 3.79. The van der Waals surface area contributed by atoms with Gasteiger partial charge in [-0.3, -0.25) is 4.79 Å². The normalized spacial score (nSPS) is 11.0. The summed E-state index contributed by atoms with van der Waals surface area (Å²) in [6, 6.07) is 9.40. The molecule has 0 spiro atoms. The van der Waals surface area contributed by atoms with Crippen molar-refractivity contribution in [1.29, 1.82) is 5.26 Å². The molecule has 0 radical (unpaired) electrons. The summed E-state index contributed by atoms with van der Waals surface area (Å²) in [5.74, 6) is 0.0686. The van der Waals surface area contributed by atoms with Crippen molar-refractivity contribution >= 4 is 51.4 Å². The van der Waals surface area contributed by atoms with Gasteiger partial charge in [-0.25, -0.2) is 0 Å². The van der Waals surface area contributed by atoms with E-state index in [4.69, 9.17) is 16.9 Å². The Morgan fingerprint density at radius 2 is 2.25 bits per heavy atom. The Labute approximate surface area is 153 Å². The molecule has 0 aliphatic heterocycles. The number of nitriles is 1. The smallest absolute Gasteiger partial charge is 0.234 e. The summed E-state index contributed by atoms with van der Waals surface area (Å²) >= 11 is 8.58. The van der Waals surface area contributed by atoms with Crippen LogP contribution in [0.25, 0.3) is 0 Å². The average molecular weight is 382 g/mol. The molecular weight excluding hydrogens is 366 g/mol. The van der Waals surface area contributed by atoms with Crippen LogP contribution < -0.4 is 5.32 Å². The van der Waals surface area contributed by atoms with Crippen molar-refractivity contribution < 1.29 is 4.79 Å². The zero-order valence-electron chi connectivity index (χ0n) is 13.4. The summed E-state index contributed by atoms with van der Waals surface area (Å²) < 4.78 is 0.677. The minimum Gasteiger partial charge on any atom is -0.330 e. The first-order valence-corrected chi connectivity index (χ1v) is 9.16. The second-order valence-electron chi connectivity index (χ2n) is 5.42. The van der Waals surface area contributed by atoms with E-state index in [-0.39, 0.29) is 11.7 Å². The Balaban J connectivity index is 1.92. The number of benzene rings is 1. The molecular formula is C15H16ClN5OS2. The first kappa shape index (κ1) is 18.5. The van der Waals surface area contributed by atoms with Gasteiger partial charge in [0.05, 0.1) is 11.8 Å². The van der Waals surface area contributed by atoms with Gasteiger partial charge in [-0.15, -0.1) is 10.2 Å². The molecule has 0 saturated carbocycles. The third-order valence-electron chi connectivity index (χ3n) is 3.29. The number of thioether (sulfide) groups is 1. The molecule has 126 valence electrons. The highest BCUT2D eigenvalue weighted by atomic mass is 35.5. The molecule has 0 aliphatic carbocycles. The first-order valence-electron chi connectivity index (χ1n) is 6.98. The van der Waals surface area contributed by atoms with Crippen molar-refractivity contribution in [1.82, 2.24) is 15.1 Å². The van der Waals surface area contributed by atoms with Gasteiger partial charge >= 0.3 is 0 Å². The summed E-state index contributed by atoms with van der Waals surface area (Å²) in [6.07, 6.45) is 0. The maximum atomic E-state index is 12.1. The zero-order chi connectivity index (χ0) is 17.7. The number of carbonyl (C=O) groups excluding carboxylic acids is 1. The second-order valence-corrected chi connectivity index (χ2v) is 8.06. The minimum absolute atomic E-state index is 0.133. The monoisotopic (exact) mass is 381 g/mol. The van der Waals surface area contributed by atoms with E-state index in [1.165, 1.54) is 28.0 Å². The van der Waals surface area contributed by atoms with E-state index in [0.717, 1.165) is 5.69 Å². The number of hydrogen-bond acceptors (Lipinski definition) is 7. The lowest BCUT2D eigenvalue weighted by atomic mass is 10.1. The molecule has 2 aromatic rings. The van der Waals surface area contributed by atoms with Gasteiger partial charge in [-0.05, 0) is 32.0 Å². The van der Waals surface area contributed by atoms with Crippen LogP contribution in [0.2, 0.25) is 5.02 Å². The molecule has 0 aliphatic rings. The number of halogens is 1. The molecule has 9 heteroatoms. The molecule has 1 amide bonds. The van der Waals surface area contributed by atoms with Gasteiger partial charge in [0.15, 0.2) is 4.34 Å². The number of nitrogens with one attached hydrogen (secondary N) is 1. The van der Waals surface area contributed by atoms with Crippen LogP contribution in [-0.2, 0) is 4.79 Å². The summed E-state index contributed by atoms with van der Waals surface area (Å²) in [5.41, 5.74) is -0.0142. The number of rotatable bonds is 6. The van der Waals surface area contributed by atoms with E-state index >= 15 is 0 Å². The van der Waals surface area contributed by atoms with Crippen LogP contribution >= 0.6 is 34.7 Å². The third kappa shape index (κ3) is 4.84. The maximum Gasteiger partial charge on any atom is 0.234 e. The summed E-state index contributed by atoms with van der Waals surface area (Å²) in [4.78, 5) is 13.6. The Morgan fingerprint density at radius 1 is 1.50 bits per heavy atom. The zero-order valence-corrected chi connectivity index (χ0v) is 15.8. The van der Waals surface area contributed by atoms with Crippen LogP contribution in [-0.4, -0.2) is 39.3 Å². The quantitative estimate of drug-likeness (QED) is 0.766. The SMILES string of the molecule is CN(C(=O)CSc1nnc(Nc2cccc(Cl)c2)s1)C(C)(C)C#N. The molecule has 2 rings (SSSR count). The van der Waals surface area contributed by atoms with Gasteiger partial charge < -0.3 is 10.2 Å². The second kappa shape index (κ2) is 7.83. The fourth-order valence-corrected chi connectivity index (χ4v) is 3.49. The fraction of sp³-hybridized carbons (Fsp3) is 0.333. The maximum absolute atomic E-state index is 12.1. The van der Waals surface area contributed by atoms with Crippen molar-refractivity contribution in [2.75, 3.05) is 18.1 Å². The molecule has 0 unspecified atom stereocenters. The number of carbonyl (C=O) groups is 1. The topological polar surface area (TPSA) is 81.9 Å². The molecule has 24 heavy (non-hydrogen) atoms. The van der Waals surface area contributed by atoms with Gasteiger partial charge in [0.25, 0.3) is 0 Å². The van der Waals surface area contributed by atoms with Crippen molar-refractivity contribution in [2.45, 2.75) is 23.7 Å². The molecule has 1 aromatic carbocycles. The molecule has 0 fully saturated rings. The minimum atomic E-state index is -0.835. The Bertz CT molecular complexity index is 771. The lowest BCUT2D eigenvalue weighted by molar-refractivity contribution is -0.130. The lowest BCUT2D eigenvalue weighted by Gasteiger charge is -2.28. The molecule has 6 nitrogen and oxygen atoms in total. The molecule has 1 N–H and O–H groups in total. The van der Waals surface area contributed by atoms with E-state index < -0.39 is 5.54 Å². The molecule has 1 aromatic heterocycles. The predicted molar refractivity (Wildman–Crippen MR) is 97.8 cm³/mol. The molecule has 0 atom stereocenters. The van der Waals surface area contributed by atoms with Crippen molar-refractivity contribution in [3.8, 4) is 6.07 Å². The largest absolute Gasteiger partial charge is 0.330 e. The number of anilines is 2. The van der Waals surface area contributed by atoms with Crippen LogP contribution in [0.4, 0.5) is 10.8 Å². The Kier molecular flexibility index (Phi) is 6.04. The van der Waals surface area contributed by atoms with Crippen molar-refractivity contribution in [3.63, 3.8) is 0 Å². The summed E-state index contributed by atoms with van der Waals surface area (Å²) in [7, 11) is 1.62. The summed E-state index contributed by atoms with van der Waals surface area (Å²) in [6.45, 7) is 3.40. The van der Waals surface area contributed by atoms with E-state index in [9.17, 15) is 4.79 Å². The van der Waals surface area contributed by atoms with Crippen molar-refractivity contribution in [3.05, 3.63) is 29.3 Å². The van der Waals surface area contributed by atoms with Crippen LogP contribution in [0.5, 0.6) is 0 Å². The molecule has 0 saturated heterocycles. The molecule has 1 heterocycles. The lowest BCUT2D eigenvalue weighted by Crippen LogP contribution is -2.44. The molecule has 0 bridgehead atoms. The van der Waals surface area contributed by atoms with Gasteiger partial charge in [0, 0.05) is 17.8 Å². The van der Waals surface area contributed by atoms with E-state index in [1.807, 2.05) is 12.1 Å². The third-order valence-corrected chi connectivity index (χ3v) is 5.48. The van der Waals surface area contributed by atoms with Gasteiger partial charge in [0.2, 0.25) is 11.0 Å². The Hall–Kier alpha value is -1.82. The Morgan fingerprint density at radius 3 is 2.92 bits per heavy atom. The van der Waals surface area contributed by atoms with E-state index in [0.29, 0.717) is 14.5 Å². The highest BCUT2D eigenvalue weighted by Crippen LogP contribution is 2.28. The first-order chi connectivity index (χ1) is 11.3. The van der Waals surface area contributed by atoms with Crippen LogP contribution in [0.1, 0.15) is 13.8 Å². The highest BCUT2D eigenvalue weighted by molar-refractivity contribution is 8.01. The fourth-order valence-electron chi connectivity index (χ4n) is 1.62. The van der Waals surface area contributed by atoms with Crippen LogP contribution in [0, 0.1) is 11.3 Å². The van der Waals surface area contributed by atoms with E-state index in [1.54, 1.807) is 33.0 Å². The standard InChI is InChI=1S/C15H16ClN5OS2/c1-15(2,9-17)21(3)12(22)8-23-14-20-19-13(24-14)18-11-6-4-5-10(16)7-11/h4-7H,8H2,1-3H3,(H,18,19). The van der Waals surface area contributed by atoms with Gasteiger partial charge in [0.1, 0.15) is 5.54 Å². The van der Waals surface area contributed by atoms with Gasteiger partial charge in [-0.2, -0.15) is 5.26 Å².